The quantitative estimate of drug-likeness (QED) is 0.450. The molecule has 1 aromatic rings. The monoisotopic (exact) mass is 289 g/mol. The van der Waals surface area contributed by atoms with E-state index in [4.69, 9.17) is 0 Å². The van der Waals surface area contributed by atoms with E-state index in [1.54, 1.807) is 0 Å². The molecule has 0 fully saturated rings. The van der Waals surface area contributed by atoms with Crippen molar-refractivity contribution in [2.45, 2.75) is 71.6 Å². The first-order valence-electron chi connectivity index (χ1n) is 8.17. The average molecular weight is 289 g/mol. The molecule has 1 amide bonds. The maximum atomic E-state index is 11.2. The first-order chi connectivity index (χ1) is 10.2. The van der Waals surface area contributed by atoms with Crippen LogP contribution in [0.25, 0.3) is 0 Å². The fourth-order valence-corrected chi connectivity index (χ4v) is 2.60. The molecule has 0 saturated carbocycles. The lowest BCUT2D eigenvalue weighted by atomic mass is 9.97. The highest BCUT2D eigenvalue weighted by Crippen LogP contribution is 2.17. The zero-order valence-electron chi connectivity index (χ0n) is 13.4. The van der Waals surface area contributed by atoms with Crippen LogP contribution in [0.2, 0.25) is 0 Å². The number of nitrogens with zero attached hydrogens (tertiary/aromatic N) is 1. The number of carbonyl (C=O) groups is 1. The van der Waals surface area contributed by atoms with E-state index in [2.05, 4.69) is 37.2 Å². The molecular weight excluding hydrogens is 262 g/mol. The zero-order valence-corrected chi connectivity index (χ0v) is 13.4. The molecule has 0 aromatic heterocycles. The number of hydrogen-bond acceptors (Lipinski definition) is 2. The van der Waals surface area contributed by atoms with Gasteiger partial charge in [-0.25, -0.2) is 0 Å². The van der Waals surface area contributed by atoms with Gasteiger partial charge in [0.1, 0.15) is 0 Å². The third-order valence-corrected chi connectivity index (χ3v) is 3.71. The zero-order chi connectivity index (χ0) is 15.5. The second kappa shape index (κ2) is 10.3. The molecule has 116 valence electrons. The van der Waals surface area contributed by atoms with Crippen molar-refractivity contribution >= 4 is 5.91 Å². The number of benzene rings is 1. The van der Waals surface area contributed by atoms with Crippen LogP contribution in [0.15, 0.2) is 23.4 Å². The number of nitroso groups, excluding NO2 is 1. The van der Waals surface area contributed by atoms with Crippen LogP contribution < -0.4 is 0 Å². The fraction of sp³-hybridized carbons (Fsp3) is 0.611. The van der Waals surface area contributed by atoms with Gasteiger partial charge in [0.05, 0.1) is 6.42 Å². The Morgan fingerprint density at radius 3 is 1.76 bits per heavy atom. The van der Waals surface area contributed by atoms with Gasteiger partial charge in [-0.3, -0.25) is 4.79 Å². The van der Waals surface area contributed by atoms with Crippen molar-refractivity contribution in [2.75, 3.05) is 0 Å². The Kier molecular flexibility index (Phi) is 8.56. The number of rotatable bonds is 10. The van der Waals surface area contributed by atoms with Crippen LogP contribution in [0.1, 0.15) is 69.1 Å². The van der Waals surface area contributed by atoms with Crippen molar-refractivity contribution in [1.29, 1.82) is 0 Å². The number of carbonyl (C=O) groups excluding carboxylic acids is 1. The molecule has 3 nitrogen and oxygen atoms in total. The molecule has 0 aliphatic heterocycles. The number of hydrogen-bond donors (Lipinski definition) is 0. The topological polar surface area (TPSA) is 46.5 Å². The predicted molar refractivity (Wildman–Crippen MR) is 87.4 cm³/mol. The summed E-state index contributed by atoms with van der Waals surface area (Å²) in [6, 6.07) is 6.37. The van der Waals surface area contributed by atoms with Crippen molar-refractivity contribution < 1.29 is 4.79 Å². The lowest BCUT2D eigenvalue weighted by Crippen LogP contribution is -2.01. The summed E-state index contributed by atoms with van der Waals surface area (Å²) >= 11 is 0. The van der Waals surface area contributed by atoms with Crippen molar-refractivity contribution in [3.8, 4) is 0 Å². The summed E-state index contributed by atoms with van der Waals surface area (Å²) in [7, 11) is 0. The SMILES string of the molecule is CCCCCc1cc(CCCCC)cc(CC(=O)N=O)c1. The molecule has 0 aliphatic rings. The Morgan fingerprint density at radius 2 is 1.33 bits per heavy atom. The molecule has 0 saturated heterocycles. The largest absolute Gasteiger partial charge is 0.290 e. The fourth-order valence-electron chi connectivity index (χ4n) is 2.60. The number of unbranched alkanes of at least 4 members (excludes halogenated alkanes) is 4. The van der Waals surface area contributed by atoms with Crippen molar-refractivity contribution in [3.05, 3.63) is 39.8 Å². The molecule has 21 heavy (non-hydrogen) atoms. The second-order valence-corrected chi connectivity index (χ2v) is 5.73. The van der Waals surface area contributed by atoms with E-state index < -0.39 is 5.91 Å². The lowest BCUT2D eigenvalue weighted by Gasteiger charge is -2.09. The van der Waals surface area contributed by atoms with Gasteiger partial charge in [0.2, 0.25) is 0 Å². The van der Waals surface area contributed by atoms with E-state index in [0.29, 0.717) is 0 Å². The molecule has 1 aromatic carbocycles. The minimum Gasteiger partial charge on any atom is -0.269 e. The minimum atomic E-state index is -0.583. The predicted octanol–water partition coefficient (Wildman–Crippen LogP) is 4.99. The Morgan fingerprint density at radius 1 is 0.857 bits per heavy atom. The van der Waals surface area contributed by atoms with E-state index in [1.807, 2.05) is 0 Å². The van der Waals surface area contributed by atoms with Gasteiger partial charge >= 0.3 is 0 Å². The summed E-state index contributed by atoms with van der Waals surface area (Å²) in [5, 5.41) is 2.51. The summed E-state index contributed by atoms with van der Waals surface area (Å²) in [5.41, 5.74) is 3.50. The van der Waals surface area contributed by atoms with Crippen LogP contribution in [0, 0.1) is 4.91 Å². The third-order valence-electron chi connectivity index (χ3n) is 3.71. The van der Waals surface area contributed by atoms with Crippen LogP contribution >= 0.6 is 0 Å². The number of aryl methyl sites for hydroxylation is 2. The molecule has 0 N–H and O–H groups in total. The minimum absolute atomic E-state index is 0.131. The van der Waals surface area contributed by atoms with E-state index in [0.717, 1.165) is 18.4 Å². The highest BCUT2D eigenvalue weighted by molar-refractivity contribution is 5.79. The van der Waals surface area contributed by atoms with Gasteiger partial charge in [0.25, 0.3) is 5.91 Å². The lowest BCUT2D eigenvalue weighted by molar-refractivity contribution is -0.117. The van der Waals surface area contributed by atoms with E-state index in [1.165, 1.54) is 49.7 Å². The highest BCUT2D eigenvalue weighted by atomic mass is 16.3. The molecule has 0 spiro atoms. The van der Waals surface area contributed by atoms with Gasteiger partial charge in [0, 0.05) is 5.18 Å². The van der Waals surface area contributed by atoms with Crippen LogP contribution in [0.4, 0.5) is 0 Å². The highest BCUT2D eigenvalue weighted by Gasteiger charge is 2.07. The smallest absolute Gasteiger partial charge is 0.269 e. The number of amides is 1. The van der Waals surface area contributed by atoms with Crippen molar-refractivity contribution in [3.63, 3.8) is 0 Å². The van der Waals surface area contributed by atoms with Gasteiger partial charge in [-0.05, 0) is 42.4 Å². The normalized spacial score (nSPS) is 10.6. The summed E-state index contributed by atoms with van der Waals surface area (Å²) < 4.78 is 0. The van der Waals surface area contributed by atoms with Crippen LogP contribution in [-0.4, -0.2) is 5.91 Å². The molecule has 1 rings (SSSR count). The average Bonchev–Trinajstić information content (AvgIpc) is 2.47. The van der Waals surface area contributed by atoms with Crippen LogP contribution in [0.5, 0.6) is 0 Å². The first kappa shape index (κ1) is 17.5. The van der Waals surface area contributed by atoms with Gasteiger partial charge in [-0.15, -0.1) is 4.91 Å². The van der Waals surface area contributed by atoms with Crippen LogP contribution in [0.3, 0.4) is 0 Å². The van der Waals surface area contributed by atoms with Gasteiger partial charge in [0.15, 0.2) is 0 Å². The second-order valence-electron chi connectivity index (χ2n) is 5.73. The van der Waals surface area contributed by atoms with Crippen LogP contribution in [-0.2, 0) is 24.1 Å². The van der Waals surface area contributed by atoms with E-state index in [-0.39, 0.29) is 6.42 Å². The molecular formula is C18H27NO2. The summed E-state index contributed by atoms with van der Waals surface area (Å²) in [6.45, 7) is 4.39. The molecule has 0 bridgehead atoms. The summed E-state index contributed by atoms with van der Waals surface area (Å²) in [4.78, 5) is 21.5. The Hall–Kier alpha value is -1.51. The van der Waals surface area contributed by atoms with Gasteiger partial charge in [-0.2, -0.15) is 0 Å². The molecule has 0 radical (unpaired) electrons. The maximum absolute atomic E-state index is 11.2. The van der Waals surface area contributed by atoms with Gasteiger partial charge in [-0.1, -0.05) is 57.7 Å². The summed E-state index contributed by atoms with van der Waals surface area (Å²) in [5.74, 6) is -0.583. The third kappa shape index (κ3) is 7.16. The first-order valence-corrected chi connectivity index (χ1v) is 8.17. The van der Waals surface area contributed by atoms with Crippen molar-refractivity contribution in [1.82, 2.24) is 0 Å². The molecule has 0 unspecified atom stereocenters. The Balaban J connectivity index is 2.79. The standard InChI is InChI=1S/C18H27NO2/c1-3-5-7-9-15-11-16(10-8-6-4-2)13-17(12-15)14-18(20)19-21/h11-13H,3-10,14H2,1-2H3. The van der Waals surface area contributed by atoms with E-state index >= 15 is 0 Å². The van der Waals surface area contributed by atoms with Crippen molar-refractivity contribution in [2.24, 2.45) is 5.18 Å². The van der Waals surface area contributed by atoms with Gasteiger partial charge < -0.3 is 0 Å². The Labute approximate surface area is 128 Å². The maximum Gasteiger partial charge on any atom is 0.290 e. The Bertz CT molecular complexity index is 426. The molecule has 0 atom stereocenters. The van der Waals surface area contributed by atoms with E-state index in [9.17, 15) is 9.70 Å². The molecule has 0 heterocycles. The summed E-state index contributed by atoms with van der Waals surface area (Å²) in [6.07, 6.45) is 9.44. The molecule has 0 aliphatic carbocycles. The molecule has 3 heteroatoms.